The molecule has 0 atom stereocenters. The van der Waals surface area contributed by atoms with Gasteiger partial charge in [0.25, 0.3) is 5.24 Å². The van der Waals surface area contributed by atoms with Crippen molar-refractivity contribution >= 4 is 16.8 Å². The predicted molar refractivity (Wildman–Crippen MR) is 41.2 cm³/mol. The average molecular weight is 209 g/mol. The highest BCUT2D eigenvalue weighted by molar-refractivity contribution is 6.65. The van der Waals surface area contributed by atoms with E-state index < -0.39 is 22.5 Å². The predicted octanol–water partition coefficient (Wildman–Crippen LogP) is 2.68. The van der Waals surface area contributed by atoms with Crippen molar-refractivity contribution in [2.24, 2.45) is 0 Å². The van der Waals surface area contributed by atoms with Crippen LogP contribution in [0.4, 0.5) is 13.2 Å². The van der Waals surface area contributed by atoms with E-state index in [1.807, 2.05) is 0 Å². The van der Waals surface area contributed by atoms with Gasteiger partial charge in [-0.05, 0) is 35.9 Å². The van der Waals surface area contributed by atoms with Crippen molar-refractivity contribution in [1.29, 1.82) is 0 Å². The number of carbonyl (C=O) groups is 1. The lowest BCUT2D eigenvalue weighted by atomic mass is 10.1. The van der Waals surface area contributed by atoms with Crippen LogP contribution in [-0.2, 0) is 10.7 Å². The summed E-state index contributed by atoms with van der Waals surface area (Å²) >= 11 is 4.66. The van der Waals surface area contributed by atoms with Crippen LogP contribution in [-0.4, -0.2) is 5.24 Å². The van der Waals surface area contributed by atoms with Gasteiger partial charge in [-0.1, -0.05) is 0 Å². The highest BCUT2D eigenvalue weighted by Crippen LogP contribution is 2.30. The molecule has 1 nitrogen and oxygen atoms in total. The van der Waals surface area contributed by atoms with Gasteiger partial charge in [0.15, 0.2) is 0 Å². The molecule has 0 amide bonds. The highest BCUT2D eigenvalue weighted by atomic mass is 35.5. The number of alkyl halides is 2. The molecule has 0 aliphatic rings. The Morgan fingerprint density at radius 3 is 2.08 bits per heavy atom. The lowest BCUT2D eigenvalue weighted by Crippen LogP contribution is -2.21. The number of hydrogen-bond acceptors (Lipinski definition) is 1. The van der Waals surface area contributed by atoms with E-state index in [4.69, 9.17) is 0 Å². The molecule has 0 unspecified atom stereocenters. The van der Waals surface area contributed by atoms with E-state index in [-0.39, 0.29) is 0 Å². The zero-order valence-electron chi connectivity index (χ0n) is 6.23. The van der Waals surface area contributed by atoms with E-state index in [1.165, 1.54) is 0 Å². The molecule has 0 aromatic heterocycles. The standard InChI is InChI=1S/C8H4ClF3O/c9-7(13)8(11,12)5-1-3-6(10)4-2-5/h1-4H. The molecule has 1 aromatic rings. The Morgan fingerprint density at radius 2 is 1.69 bits per heavy atom. The largest absolute Gasteiger partial charge is 0.345 e. The molecule has 1 rings (SSSR count). The molecule has 0 aliphatic heterocycles. The Morgan fingerprint density at radius 1 is 1.23 bits per heavy atom. The van der Waals surface area contributed by atoms with Gasteiger partial charge >= 0.3 is 5.92 Å². The summed E-state index contributed by atoms with van der Waals surface area (Å²) in [6.45, 7) is 0. The molecule has 0 bridgehead atoms. The molecule has 0 aliphatic carbocycles. The first-order valence-electron chi connectivity index (χ1n) is 3.28. The number of hydrogen-bond donors (Lipinski definition) is 0. The zero-order valence-corrected chi connectivity index (χ0v) is 6.99. The first kappa shape index (κ1) is 10.1. The normalized spacial score (nSPS) is 11.4. The second kappa shape index (κ2) is 3.38. The van der Waals surface area contributed by atoms with Crippen LogP contribution in [0.2, 0.25) is 0 Å². The topological polar surface area (TPSA) is 17.1 Å². The molecule has 13 heavy (non-hydrogen) atoms. The number of rotatable bonds is 2. The molecular formula is C8H4ClF3O. The Hall–Kier alpha value is -1.03. The zero-order chi connectivity index (χ0) is 10.1. The number of carbonyl (C=O) groups excluding carboxylic acids is 1. The molecule has 0 saturated heterocycles. The monoisotopic (exact) mass is 208 g/mol. The van der Waals surface area contributed by atoms with E-state index in [2.05, 4.69) is 11.6 Å². The fourth-order valence-corrected chi connectivity index (χ4v) is 0.882. The van der Waals surface area contributed by atoms with Crippen LogP contribution >= 0.6 is 11.6 Å². The van der Waals surface area contributed by atoms with Gasteiger partial charge in [-0.25, -0.2) is 4.39 Å². The van der Waals surface area contributed by atoms with Crippen LogP contribution in [0.1, 0.15) is 5.56 Å². The minimum Gasteiger partial charge on any atom is -0.274 e. The van der Waals surface area contributed by atoms with E-state index >= 15 is 0 Å². The molecule has 0 heterocycles. The molecule has 70 valence electrons. The van der Waals surface area contributed by atoms with Crippen molar-refractivity contribution in [2.75, 3.05) is 0 Å². The molecular weight excluding hydrogens is 205 g/mol. The first-order chi connectivity index (χ1) is 5.94. The quantitative estimate of drug-likeness (QED) is 0.683. The van der Waals surface area contributed by atoms with Gasteiger partial charge in [-0.3, -0.25) is 4.79 Å². The lowest BCUT2D eigenvalue weighted by Gasteiger charge is -2.10. The molecule has 5 heteroatoms. The molecule has 0 radical (unpaired) electrons. The summed E-state index contributed by atoms with van der Waals surface area (Å²) in [4.78, 5) is 10.3. The summed E-state index contributed by atoms with van der Waals surface area (Å²) in [5, 5.41) is -1.78. The van der Waals surface area contributed by atoms with Gasteiger partial charge in [-0.15, -0.1) is 0 Å². The Balaban J connectivity index is 3.08. The molecule has 0 spiro atoms. The van der Waals surface area contributed by atoms with Crippen LogP contribution < -0.4 is 0 Å². The third kappa shape index (κ3) is 2.01. The fraction of sp³-hybridized carbons (Fsp3) is 0.125. The fourth-order valence-electron chi connectivity index (χ4n) is 0.773. The smallest absolute Gasteiger partial charge is 0.274 e. The lowest BCUT2D eigenvalue weighted by molar-refractivity contribution is -0.135. The van der Waals surface area contributed by atoms with Crippen LogP contribution in [0.3, 0.4) is 0 Å². The maximum atomic E-state index is 12.8. The van der Waals surface area contributed by atoms with E-state index in [0.717, 1.165) is 24.3 Å². The summed E-state index contributed by atoms with van der Waals surface area (Å²) in [5.41, 5.74) is -0.617. The number of benzene rings is 1. The Kier molecular flexibility index (Phi) is 2.61. The maximum Gasteiger partial charge on any atom is 0.345 e. The van der Waals surface area contributed by atoms with E-state index in [0.29, 0.717) is 0 Å². The molecule has 1 aromatic carbocycles. The summed E-state index contributed by atoms with van der Waals surface area (Å²) in [5.74, 6) is -4.41. The second-order valence-electron chi connectivity index (χ2n) is 2.35. The summed E-state index contributed by atoms with van der Waals surface area (Å²) < 4.78 is 37.9. The van der Waals surface area contributed by atoms with Crippen LogP contribution in [0, 0.1) is 5.82 Å². The summed E-state index contributed by atoms with van der Waals surface area (Å²) in [6.07, 6.45) is 0. The van der Waals surface area contributed by atoms with Crippen LogP contribution in [0.5, 0.6) is 0 Å². The van der Waals surface area contributed by atoms with E-state index in [9.17, 15) is 18.0 Å². The summed E-state index contributed by atoms with van der Waals surface area (Å²) in [7, 11) is 0. The SMILES string of the molecule is O=C(Cl)C(F)(F)c1ccc(F)cc1. The van der Waals surface area contributed by atoms with Gasteiger partial charge in [-0.2, -0.15) is 8.78 Å². The van der Waals surface area contributed by atoms with Crippen molar-refractivity contribution < 1.29 is 18.0 Å². The van der Waals surface area contributed by atoms with Gasteiger partial charge in [0.2, 0.25) is 0 Å². The van der Waals surface area contributed by atoms with E-state index in [1.54, 1.807) is 0 Å². The minimum atomic E-state index is -3.75. The van der Waals surface area contributed by atoms with Crippen molar-refractivity contribution in [2.45, 2.75) is 5.92 Å². The van der Waals surface area contributed by atoms with Crippen molar-refractivity contribution in [3.8, 4) is 0 Å². The highest BCUT2D eigenvalue weighted by Gasteiger charge is 2.39. The van der Waals surface area contributed by atoms with Crippen LogP contribution in [0.15, 0.2) is 24.3 Å². The third-order valence-electron chi connectivity index (χ3n) is 1.45. The molecule has 0 fully saturated rings. The van der Waals surface area contributed by atoms with Gasteiger partial charge in [0.05, 0.1) is 0 Å². The van der Waals surface area contributed by atoms with Crippen molar-refractivity contribution in [1.82, 2.24) is 0 Å². The Labute approximate surface area is 77.1 Å². The first-order valence-corrected chi connectivity index (χ1v) is 3.66. The number of halogens is 4. The second-order valence-corrected chi connectivity index (χ2v) is 2.70. The average Bonchev–Trinajstić information content (AvgIpc) is 2.04. The van der Waals surface area contributed by atoms with Crippen molar-refractivity contribution in [3.63, 3.8) is 0 Å². The van der Waals surface area contributed by atoms with Gasteiger partial charge in [0.1, 0.15) is 5.82 Å². The molecule has 0 N–H and O–H groups in total. The minimum absolute atomic E-state index is 0.617. The molecule has 0 saturated carbocycles. The van der Waals surface area contributed by atoms with Gasteiger partial charge in [0, 0.05) is 5.56 Å². The van der Waals surface area contributed by atoms with Crippen molar-refractivity contribution in [3.05, 3.63) is 35.6 Å². The summed E-state index contributed by atoms with van der Waals surface area (Å²) in [6, 6.07) is 3.30. The van der Waals surface area contributed by atoms with Crippen LogP contribution in [0.25, 0.3) is 0 Å². The third-order valence-corrected chi connectivity index (χ3v) is 1.69. The Bertz CT molecular complexity index is 321. The van der Waals surface area contributed by atoms with Gasteiger partial charge < -0.3 is 0 Å². The maximum absolute atomic E-state index is 12.8.